The molecular weight excluding hydrogens is 458 g/mol. The van der Waals surface area contributed by atoms with Crippen molar-refractivity contribution in [2.24, 2.45) is 4.99 Å². The number of benzene rings is 1. The van der Waals surface area contributed by atoms with Gasteiger partial charge in [-0.15, -0.1) is 24.0 Å². The van der Waals surface area contributed by atoms with Crippen molar-refractivity contribution in [3.63, 3.8) is 0 Å². The number of aliphatic imine (C=N–C) groups is 1. The van der Waals surface area contributed by atoms with Crippen LogP contribution in [0.3, 0.4) is 0 Å². The van der Waals surface area contributed by atoms with Crippen LogP contribution < -0.4 is 16.0 Å². The van der Waals surface area contributed by atoms with Gasteiger partial charge in [0, 0.05) is 31.0 Å². The highest BCUT2D eigenvalue weighted by atomic mass is 127. The maximum Gasteiger partial charge on any atom is 0.220 e. The van der Waals surface area contributed by atoms with Gasteiger partial charge in [-0.05, 0) is 50.7 Å². The van der Waals surface area contributed by atoms with Crippen LogP contribution in [0.2, 0.25) is 0 Å². The molecule has 0 atom stereocenters. The van der Waals surface area contributed by atoms with Crippen molar-refractivity contribution in [1.29, 1.82) is 0 Å². The van der Waals surface area contributed by atoms with Gasteiger partial charge in [-0.3, -0.25) is 9.79 Å². The molecule has 0 aliphatic heterocycles. The average molecular weight is 488 g/mol. The number of nitrogens with zero attached hydrogens (tertiary/aromatic N) is 1. The molecule has 5 nitrogen and oxygen atoms in total. The highest BCUT2D eigenvalue weighted by molar-refractivity contribution is 14.0. The van der Waals surface area contributed by atoms with Crippen molar-refractivity contribution < 1.29 is 9.18 Å². The number of halogens is 2. The summed E-state index contributed by atoms with van der Waals surface area (Å²) < 4.78 is 14.1. The molecule has 3 rings (SSSR count). The second kappa shape index (κ2) is 10.2. The molecule has 1 amide bonds. The zero-order valence-corrected chi connectivity index (χ0v) is 18.2. The van der Waals surface area contributed by atoms with E-state index in [2.05, 4.69) is 20.9 Å². The van der Waals surface area contributed by atoms with E-state index in [1.807, 2.05) is 19.1 Å². The quantitative estimate of drug-likeness (QED) is 0.217. The molecule has 27 heavy (non-hydrogen) atoms. The molecule has 0 radical (unpaired) electrons. The van der Waals surface area contributed by atoms with Crippen molar-refractivity contribution in [2.45, 2.75) is 56.9 Å². The van der Waals surface area contributed by atoms with Crippen LogP contribution in [0, 0.1) is 5.82 Å². The van der Waals surface area contributed by atoms with Crippen molar-refractivity contribution in [3.05, 3.63) is 35.6 Å². The molecule has 0 spiro atoms. The first-order valence-electron chi connectivity index (χ1n) is 9.69. The Kier molecular flexibility index (Phi) is 8.31. The van der Waals surface area contributed by atoms with Crippen molar-refractivity contribution in [1.82, 2.24) is 16.0 Å². The highest BCUT2D eigenvalue weighted by Crippen LogP contribution is 2.49. The molecule has 0 heterocycles. The summed E-state index contributed by atoms with van der Waals surface area (Å²) >= 11 is 0. The topological polar surface area (TPSA) is 65.5 Å². The molecule has 0 saturated heterocycles. The van der Waals surface area contributed by atoms with Gasteiger partial charge in [-0.25, -0.2) is 4.39 Å². The van der Waals surface area contributed by atoms with Gasteiger partial charge in [0.15, 0.2) is 5.96 Å². The van der Waals surface area contributed by atoms with E-state index in [0.717, 1.165) is 50.2 Å². The lowest BCUT2D eigenvalue weighted by Crippen LogP contribution is -2.38. The Morgan fingerprint density at radius 1 is 1.26 bits per heavy atom. The number of hydrogen-bond acceptors (Lipinski definition) is 2. The second-order valence-corrected chi connectivity index (χ2v) is 7.33. The van der Waals surface area contributed by atoms with E-state index in [1.54, 1.807) is 6.07 Å². The lowest BCUT2D eigenvalue weighted by atomic mass is 9.95. The molecule has 1 aromatic rings. The van der Waals surface area contributed by atoms with Gasteiger partial charge in [-0.2, -0.15) is 0 Å². The fourth-order valence-electron chi connectivity index (χ4n) is 3.11. The van der Waals surface area contributed by atoms with Gasteiger partial charge in [0.2, 0.25) is 5.91 Å². The van der Waals surface area contributed by atoms with Crippen molar-refractivity contribution in [3.8, 4) is 0 Å². The Labute approximate surface area is 178 Å². The van der Waals surface area contributed by atoms with Gasteiger partial charge in [0.05, 0.1) is 6.54 Å². The van der Waals surface area contributed by atoms with Gasteiger partial charge in [0.1, 0.15) is 5.82 Å². The lowest BCUT2D eigenvalue weighted by Gasteiger charge is -2.16. The first-order valence-corrected chi connectivity index (χ1v) is 9.69. The summed E-state index contributed by atoms with van der Waals surface area (Å²) in [4.78, 5) is 16.4. The third kappa shape index (κ3) is 6.62. The van der Waals surface area contributed by atoms with Crippen LogP contribution in [-0.4, -0.2) is 37.5 Å². The van der Waals surface area contributed by atoms with Gasteiger partial charge >= 0.3 is 0 Å². The third-order valence-corrected chi connectivity index (χ3v) is 5.00. The molecule has 2 fully saturated rings. The molecule has 3 N–H and O–H groups in total. The van der Waals surface area contributed by atoms with E-state index in [4.69, 9.17) is 0 Å². The number of amides is 1. The minimum atomic E-state index is -0.155. The number of hydrogen-bond donors (Lipinski definition) is 3. The first kappa shape index (κ1) is 21.9. The van der Waals surface area contributed by atoms with Gasteiger partial charge in [0.25, 0.3) is 0 Å². The second-order valence-electron chi connectivity index (χ2n) is 7.33. The van der Waals surface area contributed by atoms with E-state index in [9.17, 15) is 9.18 Å². The predicted octanol–water partition coefficient (Wildman–Crippen LogP) is 3.09. The van der Waals surface area contributed by atoms with Crippen LogP contribution in [0.25, 0.3) is 0 Å². The van der Waals surface area contributed by atoms with Gasteiger partial charge < -0.3 is 16.0 Å². The maximum atomic E-state index is 14.1. The summed E-state index contributed by atoms with van der Waals surface area (Å²) in [5.74, 6) is 0.727. The third-order valence-electron chi connectivity index (χ3n) is 5.00. The summed E-state index contributed by atoms with van der Waals surface area (Å²) in [5.41, 5.74) is 0.619. The number of guanidine groups is 1. The molecular formula is C20H30FIN4O. The maximum absolute atomic E-state index is 14.1. The molecule has 1 aromatic carbocycles. The Hall–Kier alpha value is -1.38. The van der Waals surface area contributed by atoms with Crippen LogP contribution in [-0.2, 0) is 10.2 Å². The summed E-state index contributed by atoms with van der Waals surface area (Å²) in [5, 5.41) is 9.50. The van der Waals surface area contributed by atoms with Crippen LogP contribution in [0.15, 0.2) is 29.3 Å². The Morgan fingerprint density at radius 3 is 2.63 bits per heavy atom. The molecule has 0 unspecified atom stereocenters. The summed E-state index contributed by atoms with van der Waals surface area (Å²) in [6.07, 6.45) is 5.47. The smallest absolute Gasteiger partial charge is 0.220 e. The molecule has 0 bridgehead atoms. The number of nitrogens with one attached hydrogen (secondary N) is 3. The van der Waals surface area contributed by atoms with Crippen LogP contribution in [0.5, 0.6) is 0 Å². The Morgan fingerprint density at radius 2 is 2.00 bits per heavy atom. The predicted molar refractivity (Wildman–Crippen MR) is 117 cm³/mol. The molecule has 150 valence electrons. The fraction of sp³-hybridized carbons (Fsp3) is 0.600. The Bertz CT molecular complexity index is 659. The van der Waals surface area contributed by atoms with Gasteiger partial charge in [-0.1, -0.05) is 18.2 Å². The SMILES string of the molecule is CCNC(=NCC1(c2ccccc2F)CC1)NCCCC(=O)NC1CC1.I. The average Bonchev–Trinajstić information content (AvgIpc) is 3.54. The first-order chi connectivity index (χ1) is 12.6. The summed E-state index contributed by atoms with van der Waals surface area (Å²) in [6.45, 7) is 4.05. The molecule has 2 aliphatic carbocycles. The highest BCUT2D eigenvalue weighted by Gasteiger charge is 2.45. The van der Waals surface area contributed by atoms with Crippen molar-refractivity contribution >= 4 is 35.8 Å². The van der Waals surface area contributed by atoms with Crippen molar-refractivity contribution in [2.75, 3.05) is 19.6 Å². The minimum Gasteiger partial charge on any atom is -0.357 e. The standard InChI is InChI=1S/C20H29FN4O.HI/c1-2-22-19(23-13-5-8-18(26)25-15-9-10-15)24-14-20(11-12-20)16-6-3-4-7-17(16)21;/h3-4,6-7,15H,2,5,8-14H2,1H3,(H,25,26)(H2,22,23,24);1H. The molecule has 2 saturated carbocycles. The van der Waals surface area contributed by atoms with E-state index in [1.165, 1.54) is 6.07 Å². The monoisotopic (exact) mass is 488 g/mol. The van der Waals surface area contributed by atoms with E-state index in [0.29, 0.717) is 25.6 Å². The number of carbonyl (C=O) groups excluding carboxylic acids is 1. The lowest BCUT2D eigenvalue weighted by molar-refractivity contribution is -0.121. The minimum absolute atomic E-state index is 0. The molecule has 0 aromatic heterocycles. The number of carbonyl (C=O) groups is 1. The molecule has 2 aliphatic rings. The van der Waals surface area contributed by atoms with Crippen LogP contribution >= 0.6 is 24.0 Å². The van der Waals surface area contributed by atoms with E-state index >= 15 is 0 Å². The zero-order valence-electron chi connectivity index (χ0n) is 15.9. The van der Waals surface area contributed by atoms with E-state index < -0.39 is 0 Å². The fourth-order valence-corrected chi connectivity index (χ4v) is 3.11. The summed E-state index contributed by atoms with van der Waals surface area (Å²) in [7, 11) is 0. The number of rotatable bonds is 9. The van der Waals surface area contributed by atoms with E-state index in [-0.39, 0.29) is 41.1 Å². The summed E-state index contributed by atoms with van der Waals surface area (Å²) in [6, 6.07) is 7.43. The largest absolute Gasteiger partial charge is 0.357 e. The molecule has 7 heteroatoms. The van der Waals surface area contributed by atoms with Crippen LogP contribution in [0.1, 0.15) is 51.0 Å². The van der Waals surface area contributed by atoms with Crippen LogP contribution in [0.4, 0.5) is 4.39 Å². The Balaban J connectivity index is 0.00000261. The zero-order chi connectivity index (χ0) is 18.4. The normalized spacial score (nSPS) is 17.6.